The number of hydrogen-bond donors (Lipinski definition) is 1. The van der Waals surface area contributed by atoms with Crippen molar-refractivity contribution in [3.8, 4) is 5.88 Å². The fourth-order valence-electron chi connectivity index (χ4n) is 2.93. The zero-order valence-electron chi connectivity index (χ0n) is 9.72. The number of Topliss-reactive ketones (excluding diaryl/α,β-unsaturated/α-hetero) is 1. The summed E-state index contributed by atoms with van der Waals surface area (Å²) in [5.41, 5.74) is 0.370. The number of nitrogens with zero attached hydrogens (tertiary/aromatic N) is 2. The highest BCUT2D eigenvalue weighted by Gasteiger charge is 2.43. The molecule has 0 aliphatic carbocycles. The number of aromatic nitrogens is 2. The van der Waals surface area contributed by atoms with E-state index in [1.165, 1.54) is 25.9 Å². The first-order chi connectivity index (χ1) is 8.29. The number of rotatable bonds is 3. The Labute approximate surface area is 99.6 Å². The van der Waals surface area contributed by atoms with Crippen molar-refractivity contribution in [1.29, 1.82) is 0 Å². The van der Waals surface area contributed by atoms with Crippen LogP contribution in [0.5, 0.6) is 5.88 Å². The summed E-state index contributed by atoms with van der Waals surface area (Å²) in [5.74, 6) is 0.439. The Bertz CT molecular complexity index is 449. The van der Waals surface area contributed by atoms with Crippen LogP contribution in [0.1, 0.15) is 29.8 Å². The highest BCUT2D eigenvalue weighted by Crippen LogP contribution is 2.35. The van der Waals surface area contributed by atoms with Crippen LogP contribution in [0.15, 0.2) is 12.4 Å². The molecule has 5 nitrogen and oxygen atoms in total. The lowest BCUT2D eigenvalue weighted by atomic mass is 9.85. The van der Waals surface area contributed by atoms with Crippen molar-refractivity contribution in [2.24, 2.45) is 5.92 Å². The summed E-state index contributed by atoms with van der Waals surface area (Å²) in [6.07, 6.45) is 6.27. The second kappa shape index (κ2) is 4.07. The molecule has 0 amide bonds. The molecule has 1 aromatic rings. The van der Waals surface area contributed by atoms with Crippen molar-refractivity contribution in [2.45, 2.75) is 31.3 Å². The van der Waals surface area contributed by atoms with E-state index >= 15 is 0 Å². The van der Waals surface area contributed by atoms with Crippen molar-refractivity contribution >= 4 is 5.78 Å². The van der Waals surface area contributed by atoms with Gasteiger partial charge in [-0.3, -0.25) is 4.79 Å². The Morgan fingerprint density at radius 2 is 2.24 bits per heavy atom. The van der Waals surface area contributed by atoms with Gasteiger partial charge in [0.15, 0.2) is 11.5 Å². The fraction of sp³-hybridized carbons (Fsp3) is 0.583. The SMILES string of the molecule is COc1nccnc1C(=O)C1CC2CCC1N2. The molecule has 3 atom stereocenters. The molecule has 2 aliphatic rings. The Morgan fingerprint density at radius 1 is 1.41 bits per heavy atom. The molecule has 2 aliphatic heterocycles. The molecule has 0 radical (unpaired) electrons. The van der Waals surface area contributed by atoms with Crippen LogP contribution >= 0.6 is 0 Å². The van der Waals surface area contributed by atoms with Gasteiger partial charge in [0.2, 0.25) is 5.88 Å². The van der Waals surface area contributed by atoms with Gasteiger partial charge in [0.1, 0.15) is 0 Å². The number of ketones is 1. The summed E-state index contributed by atoms with van der Waals surface area (Å²) in [7, 11) is 1.51. The van der Waals surface area contributed by atoms with Gasteiger partial charge in [-0.25, -0.2) is 9.97 Å². The van der Waals surface area contributed by atoms with Crippen LogP contribution < -0.4 is 10.1 Å². The second-order valence-corrected chi connectivity index (χ2v) is 4.67. The predicted molar refractivity (Wildman–Crippen MR) is 61.0 cm³/mol. The van der Waals surface area contributed by atoms with Gasteiger partial charge in [-0.1, -0.05) is 0 Å². The van der Waals surface area contributed by atoms with Gasteiger partial charge in [0.25, 0.3) is 0 Å². The van der Waals surface area contributed by atoms with Crippen LogP contribution in [0.25, 0.3) is 0 Å². The van der Waals surface area contributed by atoms with Gasteiger partial charge < -0.3 is 10.1 Å². The summed E-state index contributed by atoms with van der Waals surface area (Å²) < 4.78 is 5.09. The van der Waals surface area contributed by atoms with E-state index in [9.17, 15) is 4.79 Å². The molecule has 1 N–H and O–H groups in total. The molecule has 90 valence electrons. The van der Waals surface area contributed by atoms with E-state index < -0.39 is 0 Å². The van der Waals surface area contributed by atoms with E-state index in [2.05, 4.69) is 15.3 Å². The highest BCUT2D eigenvalue weighted by atomic mass is 16.5. The lowest BCUT2D eigenvalue weighted by Gasteiger charge is -2.18. The quantitative estimate of drug-likeness (QED) is 0.783. The van der Waals surface area contributed by atoms with Crippen LogP contribution in [0, 0.1) is 5.92 Å². The summed E-state index contributed by atoms with van der Waals surface area (Å²) >= 11 is 0. The Hall–Kier alpha value is -1.49. The number of hydrogen-bond acceptors (Lipinski definition) is 5. The Morgan fingerprint density at radius 3 is 2.88 bits per heavy atom. The molecule has 0 spiro atoms. The molecule has 3 rings (SSSR count). The van der Waals surface area contributed by atoms with E-state index in [-0.39, 0.29) is 11.7 Å². The van der Waals surface area contributed by atoms with Crippen molar-refractivity contribution < 1.29 is 9.53 Å². The monoisotopic (exact) mass is 233 g/mol. The van der Waals surface area contributed by atoms with Gasteiger partial charge >= 0.3 is 0 Å². The number of nitrogens with one attached hydrogen (secondary N) is 1. The van der Waals surface area contributed by atoms with Crippen molar-refractivity contribution in [3.63, 3.8) is 0 Å². The molecular formula is C12H15N3O2. The first kappa shape index (κ1) is 10.7. The van der Waals surface area contributed by atoms with Gasteiger partial charge in [-0.05, 0) is 19.3 Å². The first-order valence-corrected chi connectivity index (χ1v) is 5.95. The fourth-order valence-corrected chi connectivity index (χ4v) is 2.93. The molecule has 0 aromatic carbocycles. The topological polar surface area (TPSA) is 64.1 Å². The van der Waals surface area contributed by atoms with Crippen LogP contribution in [0.4, 0.5) is 0 Å². The van der Waals surface area contributed by atoms with E-state index in [0.717, 1.165) is 12.8 Å². The zero-order chi connectivity index (χ0) is 11.8. The van der Waals surface area contributed by atoms with Crippen LogP contribution in [0.2, 0.25) is 0 Å². The molecule has 3 unspecified atom stereocenters. The summed E-state index contributed by atoms with van der Waals surface area (Å²) in [6.45, 7) is 0. The van der Waals surface area contributed by atoms with Gasteiger partial charge in [0.05, 0.1) is 7.11 Å². The van der Waals surface area contributed by atoms with Crippen LogP contribution in [-0.4, -0.2) is 34.9 Å². The predicted octanol–water partition coefficient (Wildman–Crippen LogP) is 0.808. The highest BCUT2D eigenvalue weighted by molar-refractivity contribution is 5.98. The average molecular weight is 233 g/mol. The molecule has 17 heavy (non-hydrogen) atoms. The minimum Gasteiger partial charge on any atom is -0.479 e. The smallest absolute Gasteiger partial charge is 0.243 e. The third-order valence-electron chi connectivity index (χ3n) is 3.73. The molecule has 2 fully saturated rings. The van der Waals surface area contributed by atoms with Gasteiger partial charge in [-0.2, -0.15) is 0 Å². The van der Waals surface area contributed by atoms with Gasteiger partial charge in [0, 0.05) is 30.4 Å². The van der Waals surface area contributed by atoms with E-state index in [1.54, 1.807) is 0 Å². The Kier molecular flexibility index (Phi) is 2.55. The number of ether oxygens (including phenoxy) is 1. The Balaban J connectivity index is 1.86. The second-order valence-electron chi connectivity index (χ2n) is 4.67. The molecule has 2 saturated heterocycles. The van der Waals surface area contributed by atoms with Gasteiger partial charge in [-0.15, -0.1) is 0 Å². The van der Waals surface area contributed by atoms with Crippen LogP contribution in [0.3, 0.4) is 0 Å². The molecule has 2 bridgehead atoms. The third-order valence-corrected chi connectivity index (χ3v) is 3.73. The third kappa shape index (κ3) is 1.70. The van der Waals surface area contributed by atoms with Crippen molar-refractivity contribution in [3.05, 3.63) is 18.1 Å². The van der Waals surface area contributed by atoms with E-state index in [0.29, 0.717) is 23.7 Å². The molecule has 0 saturated carbocycles. The number of carbonyl (C=O) groups is 1. The normalized spacial score (nSPS) is 30.5. The van der Waals surface area contributed by atoms with Crippen LogP contribution in [-0.2, 0) is 0 Å². The summed E-state index contributed by atoms with van der Waals surface area (Å²) in [4.78, 5) is 20.5. The largest absolute Gasteiger partial charge is 0.479 e. The van der Waals surface area contributed by atoms with E-state index in [4.69, 9.17) is 4.74 Å². The molecular weight excluding hydrogens is 218 g/mol. The van der Waals surface area contributed by atoms with Crippen molar-refractivity contribution in [1.82, 2.24) is 15.3 Å². The van der Waals surface area contributed by atoms with E-state index in [1.807, 2.05) is 0 Å². The maximum absolute atomic E-state index is 12.4. The zero-order valence-corrected chi connectivity index (χ0v) is 9.72. The average Bonchev–Trinajstić information content (AvgIpc) is 3.00. The lowest BCUT2D eigenvalue weighted by molar-refractivity contribution is 0.0891. The van der Waals surface area contributed by atoms with Crippen molar-refractivity contribution in [2.75, 3.05) is 7.11 Å². The number of fused-ring (bicyclic) bond motifs is 2. The number of carbonyl (C=O) groups excluding carboxylic acids is 1. The minimum absolute atomic E-state index is 0.0411. The maximum Gasteiger partial charge on any atom is 0.243 e. The summed E-state index contributed by atoms with van der Waals surface area (Å²) in [5, 5.41) is 3.46. The first-order valence-electron chi connectivity index (χ1n) is 5.95. The standard InChI is InChI=1S/C12H15N3O2/c1-17-12-10(13-4-5-14-12)11(16)8-6-7-2-3-9(8)15-7/h4-5,7-9,15H,2-3,6H2,1H3. The summed E-state index contributed by atoms with van der Waals surface area (Å²) in [6, 6.07) is 0.829. The molecule has 5 heteroatoms. The lowest BCUT2D eigenvalue weighted by Crippen LogP contribution is -2.29. The molecule has 1 aromatic heterocycles. The molecule has 3 heterocycles. The minimum atomic E-state index is 0.0411. The number of methoxy groups -OCH3 is 1. The maximum atomic E-state index is 12.4.